The fourth-order valence-corrected chi connectivity index (χ4v) is 2.52. The monoisotopic (exact) mass is 342 g/mol. The number of halogens is 2. The fraction of sp³-hybridized carbons (Fsp3) is 0.429. The fourth-order valence-electron chi connectivity index (χ4n) is 2.19. The summed E-state index contributed by atoms with van der Waals surface area (Å²) in [6.07, 6.45) is 0. The predicted molar refractivity (Wildman–Crippen MR) is 76.4 cm³/mol. The summed E-state index contributed by atoms with van der Waals surface area (Å²) in [6.45, 7) is 4.78. The second kappa shape index (κ2) is 5.91. The Morgan fingerprint density at radius 1 is 1.25 bits per heavy atom. The standard InChI is InChI=1S/C14H16BrFN2O2/c1-9(2)18-6-5-17(13(19)14(18)20)8-10-3-4-11(15)7-12(10)16/h3-4,7,9H,5-6,8H2,1-2H3. The van der Waals surface area contributed by atoms with Crippen molar-refractivity contribution in [2.24, 2.45) is 0 Å². The van der Waals surface area contributed by atoms with Crippen LogP contribution in [0.15, 0.2) is 22.7 Å². The van der Waals surface area contributed by atoms with Crippen LogP contribution in [-0.4, -0.2) is 40.7 Å². The molecule has 1 saturated heterocycles. The molecule has 6 heteroatoms. The third kappa shape index (κ3) is 3.00. The summed E-state index contributed by atoms with van der Waals surface area (Å²) in [5.74, 6) is -1.46. The quantitative estimate of drug-likeness (QED) is 0.790. The van der Waals surface area contributed by atoms with Crippen molar-refractivity contribution in [3.8, 4) is 0 Å². The molecule has 4 nitrogen and oxygen atoms in total. The third-order valence-corrected chi connectivity index (χ3v) is 3.83. The van der Waals surface area contributed by atoms with E-state index in [0.717, 1.165) is 0 Å². The SMILES string of the molecule is CC(C)N1CCN(Cc2ccc(Br)cc2F)C(=O)C1=O. The van der Waals surface area contributed by atoms with E-state index < -0.39 is 11.8 Å². The normalized spacial score (nSPS) is 16.2. The summed E-state index contributed by atoms with van der Waals surface area (Å²) in [5, 5.41) is 0. The lowest BCUT2D eigenvalue weighted by atomic mass is 10.1. The summed E-state index contributed by atoms with van der Waals surface area (Å²) in [5.41, 5.74) is 0.410. The highest BCUT2D eigenvalue weighted by Crippen LogP contribution is 2.18. The molecule has 108 valence electrons. The minimum atomic E-state index is -0.563. The van der Waals surface area contributed by atoms with Crippen molar-refractivity contribution < 1.29 is 14.0 Å². The third-order valence-electron chi connectivity index (χ3n) is 3.34. The van der Waals surface area contributed by atoms with Gasteiger partial charge in [-0.25, -0.2) is 4.39 Å². The topological polar surface area (TPSA) is 40.6 Å². The number of hydrogen-bond donors (Lipinski definition) is 0. The molecular weight excluding hydrogens is 327 g/mol. The zero-order valence-corrected chi connectivity index (χ0v) is 13.0. The first kappa shape index (κ1) is 15.0. The van der Waals surface area contributed by atoms with Crippen LogP contribution in [-0.2, 0) is 16.1 Å². The molecule has 2 rings (SSSR count). The molecule has 0 saturated carbocycles. The Hall–Kier alpha value is -1.43. The van der Waals surface area contributed by atoms with Gasteiger partial charge in [-0.2, -0.15) is 0 Å². The number of amides is 2. The zero-order valence-electron chi connectivity index (χ0n) is 11.4. The Bertz CT molecular complexity index is 548. The van der Waals surface area contributed by atoms with E-state index in [0.29, 0.717) is 23.1 Å². The molecule has 0 aromatic heterocycles. The van der Waals surface area contributed by atoms with E-state index in [4.69, 9.17) is 0 Å². The van der Waals surface area contributed by atoms with Gasteiger partial charge in [0.2, 0.25) is 0 Å². The maximum Gasteiger partial charge on any atom is 0.312 e. The van der Waals surface area contributed by atoms with Crippen LogP contribution in [0.25, 0.3) is 0 Å². The molecule has 1 aromatic rings. The van der Waals surface area contributed by atoms with Crippen LogP contribution >= 0.6 is 15.9 Å². The Morgan fingerprint density at radius 3 is 2.55 bits per heavy atom. The molecule has 1 heterocycles. The highest BCUT2D eigenvalue weighted by atomic mass is 79.9. The number of rotatable bonds is 3. The zero-order chi connectivity index (χ0) is 14.9. The molecule has 0 atom stereocenters. The lowest BCUT2D eigenvalue weighted by Crippen LogP contribution is -2.55. The average molecular weight is 343 g/mol. The van der Waals surface area contributed by atoms with Crippen LogP contribution in [0.5, 0.6) is 0 Å². The molecule has 0 unspecified atom stereocenters. The summed E-state index contributed by atoms with van der Waals surface area (Å²) in [7, 11) is 0. The molecule has 2 amide bonds. The van der Waals surface area contributed by atoms with Gasteiger partial charge >= 0.3 is 11.8 Å². The first-order valence-electron chi connectivity index (χ1n) is 6.44. The highest BCUT2D eigenvalue weighted by molar-refractivity contribution is 9.10. The van der Waals surface area contributed by atoms with Crippen LogP contribution in [0.4, 0.5) is 4.39 Å². The molecule has 0 N–H and O–H groups in total. The van der Waals surface area contributed by atoms with Gasteiger partial charge in [-0.3, -0.25) is 9.59 Å². The van der Waals surface area contributed by atoms with Crippen molar-refractivity contribution in [2.75, 3.05) is 13.1 Å². The molecule has 1 fully saturated rings. The van der Waals surface area contributed by atoms with Gasteiger partial charge in [-0.1, -0.05) is 22.0 Å². The van der Waals surface area contributed by atoms with Gasteiger partial charge in [0, 0.05) is 35.7 Å². The van der Waals surface area contributed by atoms with Crippen molar-refractivity contribution in [3.63, 3.8) is 0 Å². The van der Waals surface area contributed by atoms with Crippen molar-refractivity contribution in [3.05, 3.63) is 34.1 Å². The maximum absolute atomic E-state index is 13.8. The second-order valence-electron chi connectivity index (χ2n) is 5.05. The van der Waals surface area contributed by atoms with E-state index in [1.165, 1.54) is 15.9 Å². The van der Waals surface area contributed by atoms with E-state index in [1.807, 2.05) is 13.8 Å². The summed E-state index contributed by atoms with van der Waals surface area (Å²) in [6, 6.07) is 4.69. The molecule has 0 bridgehead atoms. The van der Waals surface area contributed by atoms with Gasteiger partial charge < -0.3 is 9.80 Å². The molecule has 1 aliphatic rings. The van der Waals surface area contributed by atoms with Crippen LogP contribution < -0.4 is 0 Å². The van der Waals surface area contributed by atoms with E-state index in [9.17, 15) is 14.0 Å². The van der Waals surface area contributed by atoms with Crippen molar-refractivity contribution in [1.29, 1.82) is 0 Å². The largest absolute Gasteiger partial charge is 0.330 e. The highest BCUT2D eigenvalue weighted by Gasteiger charge is 2.33. The van der Waals surface area contributed by atoms with Crippen molar-refractivity contribution in [1.82, 2.24) is 9.80 Å². The predicted octanol–water partition coefficient (Wildman–Crippen LogP) is 2.17. The van der Waals surface area contributed by atoms with E-state index in [1.54, 1.807) is 12.1 Å². The molecule has 1 aliphatic heterocycles. The van der Waals surface area contributed by atoms with E-state index in [-0.39, 0.29) is 18.4 Å². The second-order valence-corrected chi connectivity index (χ2v) is 5.97. The molecule has 0 aliphatic carbocycles. The number of carbonyl (C=O) groups is 2. The summed E-state index contributed by atoms with van der Waals surface area (Å²) >= 11 is 3.19. The smallest absolute Gasteiger partial charge is 0.312 e. The first-order valence-corrected chi connectivity index (χ1v) is 7.23. The Balaban J connectivity index is 2.11. The van der Waals surface area contributed by atoms with Gasteiger partial charge in [0.05, 0.1) is 0 Å². The van der Waals surface area contributed by atoms with Gasteiger partial charge in [0.25, 0.3) is 0 Å². The average Bonchev–Trinajstić information content (AvgIpc) is 2.37. The summed E-state index contributed by atoms with van der Waals surface area (Å²) < 4.78 is 14.4. The number of nitrogens with zero attached hydrogens (tertiary/aromatic N) is 2. The van der Waals surface area contributed by atoms with Gasteiger partial charge in [0.15, 0.2) is 0 Å². The molecule has 20 heavy (non-hydrogen) atoms. The minimum Gasteiger partial charge on any atom is -0.330 e. The lowest BCUT2D eigenvalue weighted by Gasteiger charge is -2.36. The Labute approximate surface area is 125 Å². The Morgan fingerprint density at radius 2 is 1.95 bits per heavy atom. The van der Waals surface area contributed by atoms with Crippen LogP contribution in [0.3, 0.4) is 0 Å². The first-order chi connectivity index (χ1) is 9.40. The molecule has 0 spiro atoms. The number of hydrogen-bond acceptors (Lipinski definition) is 2. The van der Waals surface area contributed by atoms with E-state index in [2.05, 4.69) is 15.9 Å². The maximum atomic E-state index is 13.8. The Kier molecular flexibility index (Phi) is 4.42. The van der Waals surface area contributed by atoms with Crippen LogP contribution in [0, 0.1) is 5.82 Å². The minimum absolute atomic E-state index is 0.00184. The molecular formula is C14H16BrFN2O2. The van der Waals surface area contributed by atoms with Gasteiger partial charge in [0.1, 0.15) is 5.82 Å². The molecule has 0 radical (unpaired) electrons. The van der Waals surface area contributed by atoms with Crippen LogP contribution in [0.1, 0.15) is 19.4 Å². The van der Waals surface area contributed by atoms with Crippen LogP contribution in [0.2, 0.25) is 0 Å². The lowest BCUT2D eigenvalue weighted by molar-refractivity contribution is -0.157. The van der Waals surface area contributed by atoms with Gasteiger partial charge in [-0.05, 0) is 26.0 Å². The number of piperazine rings is 1. The van der Waals surface area contributed by atoms with E-state index >= 15 is 0 Å². The van der Waals surface area contributed by atoms with Crippen molar-refractivity contribution in [2.45, 2.75) is 26.4 Å². The summed E-state index contributed by atoms with van der Waals surface area (Å²) in [4.78, 5) is 26.9. The number of carbonyl (C=O) groups excluding carboxylic acids is 2. The molecule has 1 aromatic carbocycles. The van der Waals surface area contributed by atoms with Gasteiger partial charge in [-0.15, -0.1) is 0 Å². The number of benzene rings is 1. The van der Waals surface area contributed by atoms with Crippen molar-refractivity contribution >= 4 is 27.7 Å².